The van der Waals surface area contributed by atoms with Gasteiger partial charge < -0.3 is 44.7 Å². The monoisotopic (exact) mass is 2050 g/mol. The van der Waals surface area contributed by atoms with Crippen LogP contribution in [0, 0.1) is 107 Å². The van der Waals surface area contributed by atoms with Gasteiger partial charge in [0.1, 0.15) is 51.8 Å². The van der Waals surface area contributed by atoms with Crippen molar-refractivity contribution in [2.24, 2.45) is 0 Å². The molecular weight excluding hydrogens is 1970 g/mol. The topological polar surface area (TPSA) is 346 Å². The quantitative estimate of drug-likeness (QED) is 0.0371. The van der Waals surface area contributed by atoms with Gasteiger partial charge in [-0.15, -0.1) is 0 Å². The van der Waals surface area contributed by atoms with E-state index in [1.807, 2.05) is 101 Å². The summed E-state index contributed by atoms with van der Waals surface area (Å²) in [4.78, 5) is 119. The first-order chi connectivity index (χ1) is 66.5. The van der Waals surface area contributed by atoms with Gasteiger partial charge in [-0.05, 0) is 151 Å². The lowest BCUT2D eigenvalue weighted by molar-refractivity contribution is -0.131. The minimum absolute atomic E-state index is 0.119. The Morgan fingerprint density at radius 3 is 0.787 bits per heavy atom. The standard InChI is InChI=1S/3C33H29Cl2F3N6O3/c3*1-7-21(45)43-16(5)12-42(13-17(43)6)30-18-10-20(34)28(22-23(35)25(37)26(38)31(46)24(22)36)41-32(18)44(33(47)19(30)11-39)29-15(4)8-9-40-27(29)14(2)3/h3*7-10,14,16-17,46H,1,12-13H2,2-6H3/t3*16-,17+. The van der Waals surface area contributed by atoms with E-state index in [-0.39, 0.29) is 193 Å². The highest BCUT2D eigenvalue weighted by Crippen LogP contribution is 2.50. The summed E-state index contributed by atoms with van der Waals surface area (Å²) in [6.07, 6.45) is 8.37. The number of aromatic hydroxyl groups is 3. The third-order valence-corrected chi connectivity index (χ3v) is 26.7. The summed E-state index contributed by atoms with van der Waals surface area (Å²) in [7, 11) is 0. The molecule has 3 aliphatic rings. The molecule has 12 aromatic rings. The van der Waals surface area contributed by atoms with Crippen LogP contribution < -0.4 is 31.4 Å². The number of phenols is 3. The Bertz CT molecular complexity index is 6870. The Morgan fingerprint density at radius 1 is 0.383 bits per heavy atom. The van der Waals surface area contributed by atoms with Crippen LogP contribution in [-0.4, -0.2) is 167 Å². The van der Waals surface area contributed by atoms with E-state index in [1.165, 1.54) is 50.1 Å². The minimum atomic E-state index is -1.89. The van der Waals surface area contributed by atoms with E-state index < -0.39 is 135 Å². The van der Waals surface area contributed by atoms with Crippen molar-refractivity contribution in [3.8, 4) is 86.3 Å². The number of nitrogens with zero attached hydrogens (tertiary/aromatic N) is 18. The van der Waals surface area contributed by atoms with Crippen molar-refractivity contribution in [2.45, 2.75) is 158 Å². The summed E-state index contributed by atoms with van der Waals surface area (Å²) >= 11 is 38.2. The highest BCUT2D eigenvalue weighted by Gasteiger charge is 2.43. The summed E-state index contributed by atoms with van der Waals surface area (Å²) in [5, 5.41) is 58.1. The maximum Gasteiger partial charge on any atom is 0.276 e. The number of carbonyl (C=O) groups is 3. The summed E-state index contributed by atoms with van der Waals surface area (Å²) < 4.78 is 136. The van der Waals surface area contributed by atoms with E-state index in [9.17, 15) is 86.2 Å². The van der Waals surface area contributed by atoms with E-state index in [2.05, 4.69) is 49.6 Å². The molecule has 15 rings (SSSR count). The number of fused-ring (bicyclic) bond motifs is 3. The lowest BCUT2D eigenvalue weighted by Gasteiger charge is -2.45. The first kappa shape index (κ1) is 105. The van der Waals surface area contributed by atoms with Crippen molar-refractivity contribution >= 4 is 137 Å². The minimum Gasteiger partial charge on any atom is -0.503 e. The molecule has 0 aliphatic carbocycles. The number of hydrogen-bond acceptors (Lipinski definition) is 21. The van der Waals surface area contributed by atoms with Crippen LogP contribution >= 0.6 is 69.6 Å². The maximum atomic E-state index is 15.4. The maximum absolute atomic E-state index is 15.4. The van der Waals surface area contributed by atoms with E-state index in [0.29, 0.717) is 50.8 Å². The molecule has 0 bridgehead atoms. The summed E-state index contributed by atoms with van der Waals surface area (Å²) in [6.45, 7) is 39.3. The largest absolute Gasteiger partial charge is 0.503 e. The summed E-state index contributed by atoms with van der Waals surface area (Å²) in [5.41, 5.74) is -2.74. The molecule has 9 aromatic heterocycles. The van der Waals surface area contributed by atoms with Gasteiger partial charge in [0, 0.05) is 110 Å². The Morgan fingerprint density at radius 2 is 0.596 bits per heavy atom. The smallest absolute Gasteiger partial charge is 0.276 e. The second-order valence-corrected chi connectivity index (χ2v) is 37.5. The number of amides is 3. The van der Waals surface area contributed by atoms with Crippen molar-refractivity contribution in [1.29, 1.82) is 15.8 Å². The van der Waals surface area contributed by atoms with Crippen molar-refractivity contribution in [2.75, 3.05) is 54.0 Å². The second kappa shape index (κ2) is 40.8. The number of carbonyl (C=O) groups excluding carboxylic acids is 3. The van der Waals surface area contributed by atoms with Gasteiger partial charge in [-0.25, -0.2) is 41.3 Å². The van der Waals surface area contributed by atoms with Crippen molar-refractivity contribution < 1.29 is 69.2 Å². The van der Waals surface area contributed by atoms with Gasteiger partial charge in [-0.3, -0.25) is 57.4 Å². The summed E-state index contributed by atoms with van der Waals surface area (Å²) in [5.74, 6) is -22.0. The van der Waals surface area contributed by atoms with E-state index >= 15 is 13.2 Å². The molecular formula is C99H87Cl6F9N18O9. The Hall–Kier alpha value is -13.8. The number of hydrogen-bond donors (Lipinski definition) is 3. The van der Waals surface area contributed by atoms with Gasteiger partial charge in [-0.2, -0.15) is 29.0 Å². The molecule has 3 fully saturated rings. The van der Waals surface area contributed by atoms with Gasteiger partial charge in [0.25, 0.3) is 16.7 Å². The number of piperazine rings is 3. The number of halogens is 15. The molecule has 3 aliphatic heterocycles. The number of nitriles is 3. The number of benzene rings is 3. The van der Waals surface area contributed by atoms with Crippen LogP contribution in [0.2, 0.25) is 30.1 Å². The lowest BCUT2D eigenvalue weighted by Crippen LogP contribution is -2.58. The van der Waals surface area contributed by atoms with Gasteiger partial charge in [-0.1, -0.05) is 131 Å². The third kappa shape index (κ3) is 18.1. The lowest BCUT2D eigenvalue weighted by atomic mass is 10.0. The summed E-state index contributed by atoms with van der Waals surface area (Å²) in [6, 6.07) is 12.9. The zero-order valence-corrected chi connectivity index (χ0v) is 82.5. The van der Waals surface area contributed by atoms with Gasteiger partial charge in [0.15, 0.2) is 52.2 Å². The van der Waals surface area contributed by atoms with Crippen LogP contribution in [0.1, 0.15) is 151 Å². The van der Waals surface area contributed by atoms with E-state index in [1.54, 1.807) is 87.0 Å². The van der Waals surface area contributed by atoms with E-state index in [4.69, 9.17) is 69.6 Å². The van der Waals surface area contributed by atoms with Crippen LogP contribution in [0.5, 0.6) is 17.2 Å². The molecule has 3 saturated heterocycles. The Balaban J connectivity index is 0.000000178. The van der Waals surface area contributed by atoms with Crippen LogP contribution in [0.3, 0.4) is 0 Å². The fourth-order valence-electron chi connectivity index (χ4n) is 18.7. The molecule has 0 radical (unpaired) electrons. The molecule has 732 valence electrons. The highest BCUT2D eigenvalue weighted by atomic mass is 35.5. The van der Waals surface area contributed by atoms with Crippen molar-refractivity contribution in [3.63, 3.8) is 0 Å². The fourth-order valence-corrected chi connectivity index (χ4v) is 20.2. The van der Waals surface area contributed by atoms with Crippen molar-refractivity contribution in [3.05, 3.63) is 257 Å². The number of pyridine rings is 9. The third-order valence-electron chi connectivity index (χ3n) is 24.8. The molecule has 3 N–H and O–H groups in total. The SMILES string of the molecule is C=CC(=O)N1[C@H](C)CN(c2c(C#N)c(=O)n(-c3c(C)ccnc3C(C)C)c3nc(-c4c(F)c(O)c(F)c(F)c4Cl)c(Cl)cc23)C[C@@H]1C.C=CC(=O)N1[C@H](C)CN(c2c(C#N)c(=O)n(-c3c(C)ccnc3C(C)C)c3nc(-c4c(F)c(O)c(F)c(F)c4Cl)c(Cl)cc23)C[C@@H]1C.C=CC(=O)N1[C@H](C)CN(c2c(C#N)c(=O)n(-c3c(C)ccnc3C(C)C)c3nc(-c4c(F)c(O)c(F)c(F)c4Cl)c(Cl)cc23)C[C@@H]1C. The normalized spacial score (nSPS) is 16.6. The second-order valence-electron chi connectivity index (χ2n) is 35.1. The molecule has 3 amide bonds. The molecule has 0 unspecified atom stereocenters. The first-order valence-corrected chi connectivity index (χ1v) is 45.9. The molecule has 27 nitrogen and oxygen atoms in total. The number of anilines is 3. The number of phenolic OH excluding ortho intramolecular Hbond substituents is 3. The highest BCUT2D eigenvalue weighted by molar-refractivity contribution is 6.39. The molecule has 42 heteroatoms. The average molecular weight is 2060 g/mol. The van der Waals surface area contributed by atoms with Crippen LogP contribution in [-0.2, 0) is 14.4 Å². The number of rotatable bonds is 15. The van der Waals surface area contributed by atoms with Gasteiger partial charge in [0.05, 0.1) is 115 Å². The predicted octanol–water partition coefficient (Wildman–Crippen LogP) is 20.4. The molecule has 0 saturated carbocycles. The fraction of sp³-hybridized carbons (Fsp3) is 0.303. The average Bonchev–Trinajstić information content (AvgIpc) is 0.725. The zero-order valence-electron chi connectivity index (χ0n) is 78.0. The number of aromatic nitrogens is 9. The molecule has 141 heavy (non-hydrogen) atoms. The predicted molar refractivity (Wildman–Crippen MR) is 522 cm³/mol. The van der Waals surface area contributed by atoms with Crippen LogP contribution in [0.25, 0.3) is 83.9 Å². The molecule has 12 heterocycles. The Labute approximate surface area is 830 Å². The Kier molecular flexibility index (Phi) is 30.3. The van der Waals surface area contributed by atoms with Gasteiger partial charge >= 0.3 is 0 Å². The van der Waals surface area contributed by atoms with Crippen molar-refractivity contribution in [1.82, 2.24) is 58.3 Å². The van der Waals surface area contributed by atoms with Crippen LogP contribution in [0.15, 0.2) is 107 Å². The molecule has 3 aromatic carbocycles. The van der Waals surface area contributed by atoms with Crippen LogP contribution in [0.4, 0.5) is 56.6 Å². The molecule has 6 atom stereocenters. The number of aryl methyl sites for hydroxylation is 3. The zero-order chi connectivity index (χ0) is 104. The van der Waals surface area contributed by atoms with E-state index in [0.717, 1.165) is 0 Å². The van der Waals surface area contributed by atoms with Gasteiger partial charge in [0.2, 0.25) is 35.2 Å². The molecule has 0 spiro atoms. The first-order valence-electron chi connectivity index (χ1n) is 43.7.